The minimum atomic E-state index is -0.582. The maximum atomic E-state index is 11.2. The number of aromatic amines is 2. The predicted octanol–water partition coefficient (Wildman–Crippen LogP) is 0.816. The highest BCUT2D eigenvalue weighted by atomic mass is 16.2. The summed E-state index contributed by atoms with van der Waals surface area (Å²) < 4.78 is 0. The lowest BCUT2D eigenvalue weighted by Gasteiger charge is -1.97. The van der Waals surface area contributed by atoms with E-state index in [0.717, 1.165) is 5.56 Å². The van der Waals surface area contributed by atoms with Crippen LogP contribution < -0.4 is 17.0 Å². The number of anilines is 1. The molecule has 4 N–H and O–H groups in total. The Morgan fingerprint density at radius 1 is 1.00 bits per heavy atom. The first-order valence-corrected chi connectivity index (χ1v) is 5.02. The van der Waals surface area contributed by atoms with Crippen LogP contribution in [0.2, 0.25) is 0 Å². The average molecular weight is 229 g/mol. The number of nitrogens with two attached hydrogens (primary N) is 1. The fourth-order valence-corrected chi connectivity index (χ4v) is 1.39. The SMILES string of the molecule is Nc1c(/C=C/c2ccccc2)[nH]c(=O)[nH]c1=O. The molecule has 86 valence electrons. The van der Waals surface area contributed by atoms with E-state index in [1.165, 1.54) is 0 Å². The molecule has 0 amide bonds. The number of H-pyrrole nitrogens is 2. The molecule has 0 aliphatic carbocycles. The molecule has 17 heavy (non-hydrogen) atoms. The zero-order valence-electron chi connectivity index (χ0n) is 8.94. The van der Waals surface area contributed by atoms with E-state index in [0.29, 0.717) is 5.69 Å². The quantitative estimate of drug-likeness (QED) is 0.711. The average Bonchev–Trinajstić information content (AvgIpc) is 2.33. The van der Waals surface area contributed by atoms with E-state index in [4.69, 9.17) is 5.73 Å². The summed E-state index contributed by atoms with van der Waals surface area (Å²) in [6.45, 7) is 0. The van der Waals surface area contributed by atoms with Crippen molar-refractivity contribution in [3.63, 3.8) is 0 Å². The second kappa shape index (κ2) is 4.52. The van der Waals surface area contributed by atoms with E-state index >= 15 is 0 Å². The zero-order chi connectivity index (χ0) is 12.3. The van der Waals surface area contributed by atoms with Gasteiger partial charge in [-0.3, -0.25) is 9.78 Å². The second-order valence-electron chi connectivity index (χ2n) is 3.48. The summed E-state index contributed by atoms with van der Waals surface area (Å²) in [7, 11) is 0. The van der Waals surface area contributed by atoms with Gasteiger partial charge in [-0.1, -0.05) is 36.4 Å². The number of hydrogen-bond acceptors (Lipinski definition) is 3. The monoisotopic (exact) mass is 229 g/mol. The van der Waals surface area contributed by atoms with Crippen molar-refractivity contribution in [2.24, 2.45) is 0 Å². The van der Waals surface area contributed by atoms with Gasteiger partial charge in [-0.05, 0) is 11.6 Å². The maximum absolute atomic E-state index is 11.2. The summed E-state index contributed by atoms with van der Waals surface area (Å²) in [5, 5.41) is 0. The van der Waals surface area contributed by atoms with Gasteiger partial charge in [-0.25, -0.2) is 4.79 Å². The Balaban J connectivity index is 2.40. The Kier molecular flexibility index (Phi) is 2.91. The fourth-order valence-electron chi connectivity index (χ4n) is 1.39. The lowest BCUT2D eigenvalue weighted by Crippen LogP contribution is -2.25. The van der Waals surface area contributed by atoms with Crippen molar-refractivity contribution in [2.45, 2.75) is 0 Å². The van der Waals surface area contributed by atoms with Crippen molar-refractivity contribution in [1.29, 1.82) is 0 Å². The fraction of sp³-hybridized carbons (Fsp3) is 0. The van der Waals surface area contributed by atoms with Crippen LogP contribution in [0.25, 0.3) is 12.2 Å². The summed E-state index contributed by atoms with van der Waals surface area (Å²) in [5.41, 5.74) is 5.65. The third kappa shape index (κ3) is 2.52. The molecule has 0 unspecified atom stereocenters. The minimum Gasteiger partial charge on any atom is -0.393 e. The van der Waals surface area contributed by atoms with Crippen LogP contribution in [0, 0.1) is 0 Å². The first-order valence-electron chi connectivity index (χ1n) is 5.02. The molecule has 0 aliphatic rings. The lowest BCUT2D eigenvalue weighted by molar-refractivity contribution is 1.03. The Hall–Kier alpha value is -2.56. The van der Waals surface area contributed by atoms with Crippen LogP contribution in [0.3, 0.4) is 0 Å². The Morgan fingerprint density at radius 3 is 2.41 bits per heavy atom. The Morgan fingerprint density at radius 2 is 1.71 bits per heavy atom. The standard InChI is InChI=1S/C12H11N3O2/c13-10-9(14-12(17)15-11(10)16)7-6-8-4-2-1-3-5-8/h1-7H,13H2,(H2,14,15,16,17)/b7-6+. The van der Waals surface area contributed by atoms with E-state index in [-0.39, 0.29) is 5.69 Å². The third-order valence-electron chi connectivity index (χ3n) is 2.25. The van der Waals surface area contributed by atoms with Gasteiger partial charge in [0, 0.05) is 0 Å². The van der Waals surface area contributed by atoms with Gasteiger partial charge in [0.15, 0.2) is 0 Å². The van der Waals surface area contributed by atoms with Crippen LogP contribution in [0.4, 0.5) is 5.69 Å². The van der Waals surface area contributed by atoms with E-state index in [1.54, 1.807) is 12.2 Å². The summed E-state index contributed by atoms with van der Waals surface area (Å²) >= 11 is 0. The van der Waals surface area contributed by atoms with Gasteiger partial charge in [-0.2, -0.15) is 0 Å². The number of rotatable bonds is 2. The van der Waals surface area contributed by atoms with Crippen molar-refractivity contribution in [3.8, 4) is 0 Å². The first-order chi connectivity index (χ1) is 8.16. The van der Waals surface area contributed by atoms with Crippen LogP contribution in [-0.2, 0) is 0 Å². The number of benzene rings is 1. The van der Waals surface area contributed by atoms with Crippen LogP contribution in [0.1, 0.15) is 11.3 Å². The molecule has 1 aromatic heterocycles. The lowest BCUT2D eigenvalue weighted by atomic mass is 10.2. The predicted molar refractivity (Wildman–Crippen MR) is 67.5 cm³/mol. The molecule has 5 heteroatoms. The largest absolute Gasteiger partial charge is 0.393 e. The highest BCUT2D eigenvalue weighted by Gasteiger charge is 2.01. The minimum absolute atomic E-state index is 0.00298. The van der Waals surface area contributed by atoms with Crippen molar-refractivity contribution in [2.75, 3.05) is 5.73 Å². The topological polar surface area (TPSA) is 91.7 Å². The highest BCUT2D eigenvalue weighted by Crippen LogP contribution is 2.07. The van der Waals surface area contributed by atoms with Crippen LogP contribution >= 0.6 is 0 Å². The normalized spacial score (nSPS) is 10.8. The number of nitrogen functional groups attached to an aromatic ring is 1. The van der Waals surface area contributed by atoms with Crippen molar-refractivity contribution in [3.05, 3.63) is 62.4 Å². The second-order valence-corrected chi connectivity index (χ2v) is 3.48. The molecule has 0 atom stereocenters. The van der Waals surface area contributed by atoms with Gasteiger partial charge in [0.05, 0.1) is 5.69 Å². The molecule has 0 radical (unpaired) electrons. The zero-order valence-corrected chi connectivity index (χ0v) is 8.94. The molecule has 1 heterocycles. The van der Waals surface area contributed by atoms with Crippen LogP contribution in [0.15, 0.2) is 39.9 Å². The molecule has 2 aromatic rings. The summed E-state index contributed by atoms with van der Waals surface area (Å²) in [6.07, 6.45) is 3.36. The highest BCUT2D eigenvalue weighted by molar-refractivity contribution is 5.72. The van der Waals surface area contributed by atoms with E-state index < -0.39 is 11.2 Å². The summed E-state index contributed by atoms with van der Waals surface area (Å²) in [4.78, 5) is 26.8. The van der Waals surface area contributed by atoms with E-state index in [2.05, 4.69) is 9.97 Å². The molecule has 0 aliphatic heterocycles. The number of nitrogens with one attached hydrogen (secondary N) is 2. The van der Waals surface area contributed by atoms with Gasteiger partial charge < -0.3 is 10.7 Å². The molecule has 5 nitrogen and oxygen atoms in total. The van der Waals surface area contributed by atoms with Gasteiger partial charge in [-0.15, -0.1) is 0 Å². The Labute approximate surface area is 96.6 Å². The third-order valence-corrected chi connectivity index (χ3v) is 2.25. The molecule has 0 fully saturated rings. The molecule has 1 aromatic carbocycles. The molecule has 0 saturated heterocycles. The van der Waals surface area contributed by atoms with Crippen molar-refractivity contribution < 1.29 is 0 Å². The summed E-state index contributed by atoms with van der Waals surface area (Å²) in [5.74, 6) is 0. The van der Waals surface area contributed by atoms with Crippen molar-refractivity contribution >= 4 is 17.8 Å². The molecule has 0 saturated carbocycles. The summed E-state index contributed by atoms with van der Waals surface area (Å²) in [6, 6.07) is 9.49. The smallest absolute Gasteiger partial charge is 0.326 e. The molecular weight excluding hydrogens is 218 g/mol. The van der Waals surface area contributed by atoms with Gasteiger partial charge in [0.2, 0.25) is 0 Å². The number of hydrogen-bond donors (Lipinski definition) is 3. The van der Waals surface area contributed by atoms with Crippen LogP contribution in [-0.4, -0.2) is 9.97 Å². The maximum Gasteiger partial charge on any atom is 0.326 e. The van der Waals surface area contributed by atoms with Gasteiger partial charge in [0.25, 0.3) is 5.56 Å². The number of aromatic nitrogens is 2. The molecule has 0 bridgehead atoms. The molecular formula is C12H11N3O2. The van der Waals surface area contributed by atoms with E-state index in [9.17, 15) is 9.59 Å². The van der Waals surface area contributed by atoms with Crippen LogP contribution in [0.5, 0.6) is 0 Å². The van der Waals surface area contributed by atoms with Crippen molar-refractivity contribution in [1.82, 2.24) is 9.97 Å². The van der Waals surface area contributed by atoms with E-state index in [1.807, 2.05) is 30.3 Å². The first kappa shape index (κ1) is 10.9. The van der Waals surface area contributed by atoms with Gasteiger partial charge in [0.1, 0.15) is 5.69 Å². The Bertz CT molecular complexity index is 653. The molecule has 0 spiro atoms. The van der Waals surface area contributed by atoms with Gasteiger partial charge >= 0.3 is 5.69 Å². The molecule has 2 rings (SSSR count).